The van der Waals surface area contributed by atoms with Crippen molar-refractivity contribution in [2.45, 2.75) is 6.42 Å². The van der Waals surface area contributed by atoms with Crippen molar-refractivity contribution in [1.82, 2.24) is 14.6 Å². The van der Waals surface area contributed by atoms with Crippen molar-refractivity contribution < 1.29 is 9.13 Å². The van der Waals surface area contributed by atoms with Crippen LogP contribution in [-0.4, -0.2) is 21.7 Å². The summed E-state index contributed by atoms with van der Waals surface area (Å²) in [6.07, 6.45) is 2.23. The van der Waals surface area contributed by atoms with E-state index in [2.05, 4.69) is 10.2 Å². The van der Waals surface area contributed by atoms with Crippen LogP contribution in [0.25, 0.3) is 5.65 Å². The molecule has 0 aliphatic carbocycles. The first-order chi connectivity index (χ1) is 9.28. The molecular formula is C14H12FN3O. The molecule has 0 N–H and O–H groups in total. The summed E-state index contributed by atoms with van der Waals surface area (Å²) in [6.45, 7) is 0. The molecule has 3 aromatic rings. The summed E-state index contributed by atoms with van der Waals surface area (Å²) >= 11 is 0. The van der Waals surface area contributed by atoms with Crippen molar-refractivity contribution in [3.63, 3.8) is 0 Å². The molecule has 0 saturated carbocycles. The molecule has 5 heteroatoms. The molecule has 0 saturated heterocycles. The summed E-state index contributed by atoms with van der Waals surface area (Å²) in [5.74, 6) is 1.19. The Labute approximate surface area is 109 Å². The highest BCUT2D eigenvalue weighted by Crippen LogP contribution is 2.16. The van der Waals surface area contributed by atoms with Crippen LogP contribution in [0.5, 0.6) is 5.75 Å². The maximum Gasteiger partial charge on any atom is 0.164 e. The second-order valence-electron chi connectivity index (χ2n) is 4.18. The molecule has 0 amide bonds. The van der Waals surface area contributed by atoms with Crippen LogP contribution in [0.4, 0.5) is 4.39 Å². The Morgan fingerprint density at radius 1 is 1.21 bits per heavy atom. The summed E-state index contributed by atoms with van der Waals surface area (Å²) in [5, 5.41) is 8.16. The SMILES string of the molecule is COc1ccn2c(Cc3ccccc3F)nnc2c1. The number of halogens is 1. The van der Waals surface area contributed by atoms with Gasteiger partial charge in [0.15, 0.2) is 5.65 Å². The molecule has 0 fully saturated rings. The molecule has 0 bridgehead atoms. The normalized spacial score (nSPS) is 10.8. The van der Waals surface area contributed by atoms with Crippen molar-refractivity contribution in [2.75, 3.05) is 7.11 Å². The van der Waals surface area contributed by atoms with E-state index < -0.39 is 0 Å². The summed E-state index contributed by atoms with van der Waals surface area (Å²) in [7, 11) is 1.60. The van der Waals surface area contributed by atoms with Gasteiger partial charge < -0.3 is 4.74 Å². The van der Waals surface area contributed by atoms with E-state index in [0.717, 1.165) is 5.75 Å². The van der Waals surface area contributed by atoms with Gasteiger partial charge >= 0.3 is 0 Å². The van der Waals surface area contributed by atoms with Crippen LogP contribution in [0.15, 0.2) is 42.6 Å². The van der Waals surface area contributed by atoms with E-state index in [9.17, 15) is 4.39 Å². The van der Waals surface area contributed by atoms with Crippen molar-refractivity contribution in [1.29, 1.82) is 0 Å². The number of fused-ring (bicyclic) bond motifs is 1. The third kappa shape index (κ3) is 2.14. The molecule has 0 aliphatic rings. The smallest absolute Gasteiger partial charge is 0.164 e. The van der Waals surface area contributed by atoms with Crippen LogP contribution >= 0.6 is 0 Å². The Kier molecular flexibility index (Phi) is 2.87. The lowest BCUT2D eigenvalue weighted by Crippen LogP contribution is -1.98. The van der Waals surface area contributed by atoms with E-state index in [1.807, 2.05) is 22.7 Å². The predicted molar refractivity (Wildman–Crippen MR) is 68.7 cm³/mol. The average molecular weight is 257 g/mol. The maximum atomic E-state index is 13.6. The van der Waals surface area contributed by atoms with Crippen molar-refractivity contribution in [3.05, 3.63) is 59.8 Å². The van der Waals surface area contributed by atoms with E-state index in [0.29, 0.717) is 23.5 Å². The van der Waals surface area contributed by atoms with Gasteiger partial charge in [-0.15, -0.1) is 10.2 Å². The summed E-state index contributed by atoms with van der Waals surface area (Å²) in [6, 6.07) is 10.3. The summed E-state index contributed by atoms with van der Waals surface area (Å²) in [4.78, 5) is 0. The van der Waals surface area contributed by atoms with Gasteiger partial charge in [0, 0.05) is 18.7 Å². The van der Waals surface area contributed by atoms with Crippen molar-refractivity contribution in [3.8, 4) is 5.75 Å². The van der Waals surface area contributed by atoms with Crippen LogP contribution in [0.3, 0.4) is 0 Å². The summed E-state index contributed by atoms with van der Waals surface area (Å²) < 4.78 is 20.6. The number of benzene rings is 1. The minimum Gasteiger partial charge on any atom is -0.497 e. The molecule has 0 radical (unpaired) electrons. The van der Waals surface area contributed by atoms with E-state index >= 15 is 0 Å². The summed E-state index contributed by atoms with van der Waals surface area (Å²) in [5.41, 5.74) is 1.29. The van der Waals surface area contributed by atoms with Gasteiger partial charge in [-0.25, -0.2) is 4.39 Å². The number of methoxy groups -OCH3 is 1. The third-order valence-electron chi connectivity index (χ3n) is 2.99. The van der Waals surface area contributed by atoms with E-state index in [1.165, 1.54) is 6.07 Å². The first-order valence-corrected chi connectivity index (χ1v) is 5.89. The molecule has 2 aromatic heterocycles. The number of pyridine rings is 1. The monoisotopic (exact) mass is 257 g/mol. The number of aromatic nitrogens is 3. The minimum absolute atomic E-state index is 0.229. The molecular weight excluding hydrogens is 245 g/mol. The van der Waals surface area contributed by atoms with Crippen molar-refractivity contribution in [2.24, 2.45) is 0 Å². The second kappa shape index (κ2) is 4.68. The Bertz CT molecular complexity index is 724. The largest absolute Gasteiger partial charge is 0.497 e. The Hall–Kier alpha value is -2.43. The predicted octanol–water partition coefficient (Wildman–Crippen LogP) is 2.47. The Balaban J connectivity index is 2.00. The minimum atomic E-state index is -0.229. The number of nitrogens with zero attached hydrogens (tertiary/aromatic N) is 3. The van der Waals surface area contributed by atoms with Gasteiger partial charge in [0.05, 0.1) is 7.11 Å². The van der Waals surface area contributed by atoms with Crippen molar-refractivity contribution >= 4 is 5.65 Å². The standard InChI is InChI=1S/C14H12FN3O/c1-19-11-6-7-18-13(16-17-14(18)9-11)8-10-4-2-3-5-12(10)15/h2-7,9H,8H2,1H3. The highest BCUT2D eigenvalue weighted by atomic mass is 19.1. The fraction of sp³-hybridized carbons (Fsp3) is 0.143. The highest BCUT2D eigenvalue weighted by molar-refractivity contribution is 5.44. The molecule has 96 valence electrons. The van der Waals surface area contributed by atoms with Crippen LogP contribution in [0, 0.1) is 5.82 Å². The molecule has 3 rings (SSSR count). The first-order valence-electron chi connectivity index (χ1n) is 5.89. The van der Waals surface area contributed by atoms with Gasteiger partial charge in [-0.3, -0.25) is 4.40 Å². The first kappa shape index (κ1) is 11.6. The van der Waals surface area contributed by atoms with Gasteiger partial charge in [0.1, 0.15) is 17.4 Å². The zero-order valence-electron chi connectivity index (χ0n) is 10.4. The molecule has 2 heterocycles. The molecule has 0 unspecified atom stereocenters. The topological polar surface area (TPSA) is 39.4 Å². The zero-order valence-corrected chi connectivity index (χ0v) is 10.4. The lowest BCUT2D eigenvalue weighted by molar-refractivity contribution is 0.414. The van der Waals surface area contributed by atoms with E-state index in [-0.39, 0.29) is 5.82 Å². The number of hydrogen-bond acceptors (Lipinski definition) is 3. The molecule has 19 heavy (non-hydrogen) atoms. The second-order valence-corrected chi connectivity index (χ2v) is 4.18. The molecule has 4 nitrogen and oxygen atoms in total. The zero-order chi connectivity index (χ0) is 13.2. The molecule has 1 aromatic carbocycles. The maximum absolute atomic E-state index is 13.6. The van der Waals surface area contributed by atoms with Crippen LogP contribution in [0.1, 0.15) is 11.4 Å². The van der Waals surface area contributed by atoms with Crippen LogP contribution in [0.2, 0.25) is 0 Å². The third-order valence-corrected chi connectivity index (χ3v) is 2.99. The Morgan fingerprint density at radius 3 is 2.84 bits per heavy atom. The van der Waals surface area contributed by atoms with E-state index in [1.54, 1.807) is 25.3 Å². The molecule has 0 atom stereocenters. The van der Waals surface area contributed by atoms with E-state index in [4.69, 9.17) is 4.74 Å². The fourth-order valence-electron chi connectivity index (χ4n) is 1.98. The lowest BCUT2D eigenvalue weighted by atomic mass is 10.1. The van der Waals surface area contributed by atoms with Gasteiger partial charge in [-0.1, -0.05) is 18.2 Å². The average Bonchev–Trinajstić information content (AvgIpc) is 2.83. The molecule has 0 aliphatic heterocycles. The Morgan fingerprint density at radius 2 is 2.05 bits per heavy atom. The van der Waals surface area contributed by atoms with Gasteiger partial charge in [-0.2, -0.15) is 0 Å². The number of rotatable bonds is 3. The quantitative estimate of drug-likeness (QED) is 0.723. The highest BCUT2D eigenvalue weighted by Gasteiger charge is 2.09. The van der Waals surface area contributed by atoms with Crippen LogP contribution in [-0.2, 0) is 6.42 Å². The number of hydrogen-bond donors (Lipinski definition) is 0. The molecule has 0 spiro atoms. The fourth-order valence-corrected chi connectivity index (χ4v) is 1.98. The lowest BCUT2D eigenvalue weighted by Gasteiger charge is -2.03. The van der Waals surface area contributed by atoms with Gasteiger partial charge in [0.2, 0.25) is 0 Å². The van der Waals surface area contributed by atoms with Gasteiger partial charge in [-0.05, 0) is 17.7 Å². The van der Waals surface area contributed by atoms with Gasteiger partial charge in [0.25, 0.3) is 0 Å². The number of ether oxygens (including phenoxy) is 1. The van der Waals surface area contributed by atoms with Crippen LogP contribution < -0.4 is 4.74 Å².